The first-order chi connectivity index (χ1) is 12.0. The number of nitrogens with zero attached hydrogens (tertiary/aromatic N) is 2. The summed E-state index contributed by atoms with van der Waals surface area (Å²) in [5.41, 5.74) is 0.430. The number of nitriles is 1. The number of thiazole rings is 1. The van der Waals surface area contributed by atoms with Crippen molar-refractivity contribution in [1.29, 1.82) is 5.26 Å². The summed E-state index contributed by atoms with van der Waals surface area (Å²) >= 11 is 1.11. The predicted octanol–water partition coefficient (Wildman–Crippen LogP) is 1.00. The number of rotatable bonds is 5. The lowest BCUT2D eigenvalue weighted by Crippen LogP contribution is -2.32. The molecule has 0 unspecified atom stereocenters. The van der Waals surface area contributed by atoms with Crippen molar-refractivity contribution in [3.05, 3.63) is 49.4 Å². The number of carbonyl (C=O) groups excluding carboxylic acids is 1. The molecule has 0 saturated carbocycles. The summed E-state index contributed by atoms with van der Waals surface area (Å²) in [6.45, 7) is 3.97. The monoisotopic (exact) mass is 358 g/mol. The molecule has 1 heterocycles. The summed E-state index contributed by atoms with van der Waals surface area (Å²) < 4.78 is 12.2. The van der Waals surface area contributed by atoms with Gasteiger partial charge in [-0.3, -0.25) is 9.36 Å². The molecule has 0 spiro atoms. The van der Waals surface area contributed by atoms with Gasteiger partial charge in [0.2, 0.25) is 0 Å². The molecule has 0 aliphatic heterocycles. The highest BCUT2D eigenvalue weighted by atomic mass is 32.1. The highest BCUT2D eigenvalue weighted by Gasteiger charge is 2.16. The molecule has 6 nitrogen and oxygen atoms in total. The fraction of sp³-hybridized carbons (Fsp3) is 0.278. The molecule has 0 aliphatic rings. The van der Waals surface area contributed by atoms with Gasteiger partial charge in [-0.05, 0) is 37.6 Å². The van der Waals surface area contributed by atoms with Gasteiger partial charge in [0, 0.05) is 6.54 Å². The molecule has 0 atom stereocenters. The van der Waals surface area contributed by atoms with Crippen molar-refractivity contribution in [2.75, 3.05) is 13.7 Å². The molecule has 1 aromatic heterocycles. The van der Waals surface area contributed by atoms with Gasteiger partial charge in [-0.2, -0.15) is 5.26 Å². The van der Waals surface area contributed by atoms with Crippen molar-refractivity contribution in [2.24, 2.45) is 0 Å². The van der Waals surface area contributed by atoms with E-state index < -0.39 is 5.97 Å². The summed E-state index contributed by atoms with van der Waals surface area (Å²) in [5, 5.41) is 9.32. The molecule has 0 radical (unpaired) electrons. The van der Waals surface area contributed by atoms with E-state index in [2.05, 4.69) is 0 Å². The molecule has 2 rings (SSSR count). The molecule has 0 aliphatic carbocycles. The lowest BCUT2D eigenvalue weighted by molar-refractivity contribution is -0.136. The zero-order chi connectivity index (χ0) is 18.4. The first-order valence-electron chi connectivity index (χ1n) is 7.72. The number of carbonyl (C=O) groups is 1. The quantitative estimate of drug-likeness (QED) is 0.745. The van der Waals surface area contributed by atoms with E-state index >= 15 is 0 Å². The summed E-state index contributed by atoms with van der Waals surface area (Å²) in [5.74, 6) is 0.00171. The maximum atomic E-state index is 12.6. The highest BCUT2D eigenvalue weighted by molar-refractivity contribution is 7.07. The van der Waals surface area contributed by atoms with Gasteiger partial charge in [0.05, 0.1) is 18.2 Å². The molecule has 0 amide bonds. The van der Waals surface area contributed by atoms with Gasteiger partial charge < -0.3 is 9.47 Å². The number of ether oxygens (including phenoxy) is 2. The minimum atomic E-state index is -0.718. The Morgan fingerprint density at radius 2 is 2.00 bits per heavy atom. The zero-order valence-corrected chi connectivity index (χ0v) is 15.1. The van der Waals surface area contributed by atoms with Crippen LogP contribution in [0.15, 0.2) is 29.1 Å². The second kappa shape index (κ2) is 8.31. The van der Waals surface area contributed by atoms with Gasteiger partial charge in [0.25, 0.3) is 5.56 Å². The Bertz CT molecular complexity index is 978. The molecular formula is C18H18N2O4S. The maximum Gasteiger partial charge on any atom is 0.351 e. The molecule has 0 N–H and O–H groups in total. The Labute approximate surface area is 148 Å². The largest absolute Gasteiger partial charge is 0.497 e. The highest BCUT2D eigenvalue weighted by Crippen LogP contribution is 2.11. The molecule has 7 heteroatoms. The molecule has 0 bridgehead atoms. The van der Waals surface area contributed by atoms with Crippen LogP contribution in [-0.2, 0) is 16.1 Å². The van der Waals surface area contributed by atoms with Crippen LogP contribution >= 0.6 is 11.3 Å². The molecule has 0 saturated heterocycles. The van der Waals surface area contributed by atoms with Crippen LogP contribution in [0, 0.1) is 11.3 Å². The standard InChI is InChI=1S/C18H18N2O4S/c1-4-20-16(21)15(10-12-6-8-13(23-3)9-7-12)25-17(20)14(11-19)18(22)24-5-2/h6-10H,4-5H2,1-3H3/b15-10+,17-14-. The van der Waals surface area contributed by atoms with E-state index in [1.54, 1.807) is 39.2 Å². The molecule has 25 heavy (non-hydrogen) atoms. The van der Waals surface area contributed by atoms with Gasteiger partial charge in [-0.25, -0.2) is 4.79 Å². The lowest BCUT2D eigenvalue weighted by Gasteiger charge is -2.00. The molecule has 2 aromatic rings. The van der Waals surface area contributed by atoms with Crippen molar-refractivity contribution in [1.82, 2.24) is 4.57 Å². The number of hydrogen-bond acceptors (Lipinski definition) is 6. The first kappa shape index (κ1) is 18.5. The van der Waals surface area contributed by atoms with E-state index in [9.17, 15) is 14.9 Å². The van der Waals surface area contributed by atoms with Crippen molar-refractivity contribution >= 4 is 29.0 Å². The minimum absolute atomic E-state index is 0.153. The maximum absolute atomic E-state index is 12.6. The molecular weight excluding hydrogens is 340 g/mol. The van der Waals surface area contributed by atoms with E-state index in [0.717, 1.165) is 22.6 Å². The van der Waals surface area contributed by atoms with Crippen molar-refractivity contribution in [3.8, 4) is 11.8 Å². The van der Waals surface area contributed by atoms with E-state index in [1.807, 2.05) is 18.2 Å². The Balaban J connectivity index is 2.68. The second-order valence-electron chi connectivity index (χ2n) is 4.95. The molecule has 1 aromatic carbocycles. The topological polar surface area (TPSA) is 81.3 Å². The van der Waals surface area contributed by atoms with Crippen LogP contribution < -0.4 is 19.5 Å². The van der Waals surface area contributed by atoms with E-state index in [1.165, 1.54) is 4.57 Å². The fourth-order valence-electron chi connectivity index (χ4n) is 2.23. The third-order valence-electron chi connectivity index (χ3n) is 3.44. The first-order valence-corrected chi connectivity index (χ1v) is 8.54. The summed E-state index contributed by atoms with van der Waals surface area (Å²) in [4.78, 5) is 24.6. The Kier molecular flexibility index (Phi) is 6.14. The summed E-state index contributed by atoms with van der Waals surface area (Å²) in [7, 11) is 1.58. The fourth-order valence-corrected chi connectivity index (χ4v) is 3.38. The number of methoxy groups -OCH3 is 1. The number of benzene rings is 1. The van der Waals surface area contributed by atoms with Gasteiger partial charge in [0.1, 0.15) is 16.5 Å². The van der Waals surface area contributed by atoms with Crippen molar-refractivity contribution < 1.29 is 14.3 Å². The van der Waals surface area contributed by atoms with E-state index in [4.69, 9.17) is 9.47 Å². The number of esters is 1. The molecule has 130 valence electrons. The van der Waals surface area contributed by atoms with Crippen LogP contribution in [-0.4, -0.2) is 24.3 Å². The zero-order valence-electron chi connectivity index (χ0n) is 14.2. The van der Waals surface area contributed by atoms with Gasteiger partial charge in [0.15, 0.2) is 5.57 Å². The predicted molar refractivity (Wildman–Crippen MR) is 95.7 cm³/mol. The number of aromatic nitrogens is 1. The van der Waals surface area contributed by atoms with Crippen molar-refractivity contribution in [2.45, 2.75) is 20.4 Å². The SMILES string of the molecule is CCOC(=O)/C(C#N)=c1\s/c(=C/c2ccc(OC)cc2)c(=O)n1CC. The Morgan fingerprint density at radius 1 is 1.32 bits per heavy atom. The normalized spacial score (nSPS) is 12.5. The Hall–Kier alpha value is -2.85. The van der Waals surface area contributed by atoms with Crippen LogP contribution in [0.2, 0.25) is 0 Å². The third kappa shape index (κ3) is 3.98. The van der Waals surface area contributed by atoms with Crippen LogP contribution in [0.5, 0.6) is 5.75 Å². The average Bonchev–Trinajstić information content (AvgIpc) is 2.92. The summed E-state index contributed by atoms with van der Waals surface area (Å²) in [6.07, 6.45) is 1.72. The van der Waals surface area contributed by atoms with Crippen LogP contribution in [0.1, 0.15) is 19.4 Å². The Morgan fingerprint density at radius 3 is 2.52 bits per heavy atom. The van der Waals surface area contributed by atoms with Crippen molar-refractivity contribution in [3.63, 3.8) is 0 Å². The smallest absolute Gasteiger partial charge is 0.351 e. The average molecular weight is 358 g/mol. The molecule has 0 fully saturated rings. The third-order valence-corrected chi connectivity index (χ3v) is 4.57. The van der Waals surface area contributed by atoms with E-state index in [0.29, 0.717) is 15.7 Å². The lowest BCUT2D eigenvalue weighted by atomic mass is 10.2. The minimum Gasteiger partial charge on any atom is -0.497 e. The van der Waals surface area contributed by atoms with Crippen LogP contribution in [0.25, 0.3) is 11.6 Å². The number of hydrogen-bond donors (Lipinski definition) is 0. The van der Waals surface area contributed by atoms with Gasteiger partial charge >= 0.3 is 5.97 Å². The van der Waals surface area contributed by atoms with Crippen LogP contribution in [0.4, 0.5) is 0 Å². The van der Waals surface area contributed by atoms with Gasteiger partial charge in [-0.15, -0.1) is 11.3 Å². The van der Waals surface area contributed by atoms with Gasteiger partial charge in [-0.1, -0.05) is 12.1 Å². The van der Waals surface area contributed by atoms with Crippen LogP contribution in [0.3, 0.4) is 0 Å². The van der Waals surface area contributed by atoms with E-state index in [-0.39, 0.29) is 17.7 Å². The summed E-state index contributed by atoms with van der Waals surface area (Å²) in [6, 6.07) is 9.11. The second-order valence-corrected chi connectivity index (χ2v) is 5.98.